The Morgan fingerprint density at radius 2 is 1.61 bits per heavy atom. The molecule has 1 amide bonds. The van der Waals surface area contributed by atoms with E-state index >= 15 is 0 Å². The number of aryl methyl sites for hydroxylation is 1. The number of carbonyl (C=O) groups excluding carboxylic acids is 1. The van der Waals surface area contributed by atoms with Crippen LogP contribution in [0, 0.1) is 0 Å². The molecule has 1 fully saturated rings. The minimum absolute atomic E-state index is 0.184. The molecular weight excluding hydrogens is 456 g/mol. The van der Waals surface area contributed by atoms with Crippen molar-refractivity contribution in [3.63, 3.8) is 0 Å². The maximum atomic E-state index is 13.6. The quantitative estimate of drug-likeness (QED) is 0.431. The zero-order chi connectivity index (χ0) is 25.7. The molecule has 7 heteroatoms. The molecule has 2 aromatic carbocycles. The van der Waals surface area contributed by atoms with Crippen LogP contribution in [0.25, 0.3) is 11.1 Å². The summed E-state index contributed by atoms with van der Waals surface area (Å²) < 4.78 is 11.2. The Hall–Kier alpha value is -3.74. The Balaban J connectivity index is 1.73. The number of unbranched alkanes of at least 4 members (excludes halogenated alkanes) is 1. The van der Waals surface area contributed by atoms with Crippen LogP contribution in [0.15, 0.2) is 48.5 Å². The van der Waals surface area contributed by atoms with Crippen LogP contribution in [-0.2, 0) is 6.42 Å². The minimum Gasteiger partial charge on any atom is -0.506 e. The highest BCUT2D eigenvalue weighted by Gasteiger charge is 2.32. The Morgan fingerprint density at radius 1 is 0.972 bits per heavy atom. The molecule has 2 heterocycles. The molecular formula is C29H34N2O5. The van der Waals surface area contributed by atoms with Crippen molar-refractivity contribution in [2.45, 2.75) is 44.9 Å². The Bertz CT molecular complexity index is 1180. The van der Waals surface area contributed by atoms with E-state index < -0.39 is 11.8 Å². The van der Waals surface area contributed by atoms with Gasteiger partial charge < -0.3 is 24.6 Å². The van der Waals surface area contributed by atoms with Crippen molar-refractivity contribution in [2.75, 3.05) is 27.3 Å². The van der Waals surface area contributed by atoms with Crippen LogP contribution in [0.5, 0.6) is 23.1 Å². The molecule has 0 spiro atoms. The molecule has 2 N–H and O–H groups in total. The van der Waals surface area contributed by atoms with Gasteiger partial charge in [-0.3, -0.25) is 4.79 Å². The number of aromatic hydroxyl groups is 2. The highest BCUT2D eigenvalue weighted by atomic mass is 16.5. The zero-order valence-electron chi connectivity index (χ0n) is 21.2. The highest BCUT2D eigenvalue weighted by molar-refractivity contribution is 6.02. The van der Waals surface area contributed by atoms with Gasteiger partial charge in [0.05, 0.1) is 31.0 Å². The van der Waals surface area contributed by atoms with Crippen LogP contribution in [-0.4, -0.2) is 53.3 Å². The van der Waals surface area contributed by atoms with Crippen molar-refractivity contribution >= 4 is 5.91 Å². The summed E-state index contributed by atoms with van der Waals surface area (Å²) in [5.74, 6) is 0.161. The largest absolute Gasteiger partial charge is 0.506 e. The maximum Gasteiger partial charge on any atom is 0.263 e. The van der Waals surface area contributed by atoms with E-state index in [0.717, 1.165) is 25.7 Å². The van der Waals surface area contributed by atoms with Crippen LogP contribution in [0.4, 0.5) is 0 Å². The average molecular weight is 491 g/mol. The van der Waals surface area contributed by atoms with E-state index in [1.54, 1.807) is 23.1 Å². The van der Waals surface area contributed by atoms with Gasteiger partial charge >= 0.3 is 0 Å². The second kappa shape index (κ2) is 11.3. The standard InChI is InChI=1S/C29H34N2O5/c1-4-5-12-21-24(25-22(35-2)13-9-14-23(25)36-3)27(32)26(28(33)30-21)29(34)31-17-15-20(16-18-31)19-10-7-6-8-11-19/h6-11,13-14,20H,4-5,12,15-18H2,1-3H3,(H2,30,32,33). The summed E-state index contributed by atoms with van der Waals surface area (Å²) in [6.45, 7) is 3.12. The Kier molecular flexibility index (Phi) is 7.98. The highest BCUT2D eigenvalue weighted by Crippen LogP contribution is 2.47. The molecule has 0 bridgehead atoms. The lowest BCUT2D eigenvalue weighted by Crippen LogP contribution is -2.38. The molecule has 4 rings (SSSR count). The maximum absolute atomic E-state index is 13.6. The topological polar surface area (TPSA) is 92.1 Å². The smallest absolute Gasteiger partial charge is 0.263 e. The first-order valence-electron chi connectivity index (χ1n) is 12.5. The van der Waals surface area contributed by atoms with Gasteiger partial charge in [-0.05, 0) is 49.3 Å². The van der Waals surface area contributed by atoms with Crippen LogP contribution in [0.1, 0.15) is 60.1 Å². The summed E-state index contributed by atoms with van der Waals surface area (Å²) in [7, 11) is 3.08. The number of rotatable bonds is 8. The van der Waals surface area contributed by atoms with E-state index in [4.69, 9.17) is 9.47 Å². The predicted molar refractivity (Wildman–Crippen MR) is 139 cm³/mol. The lowest BCUT2D eigenvalue weighted by molar-refractivity contribution is 0.0706. The summed E-state index contributed by atoms with van der Waals surface area (Å²) in [4.78, 5) is 19.7. The molecule has 0 unspecified atom stereocenters. The zero-order valence-corrected chi connectivity index (χ0v) is 21.2. The molecule has 1 saturated heterocycles. The van der Waals surface area contributed by atoms with Crippen molar-refractivity contribution in [3.8, 4) is 34.3 Å². The number of hydrogen-bond acceptors (Lipinski definition) is 6. The summed E-state index contributed by atoms with van der Waals surface area (Å²) in [6.07, 6.45) is 3.85. The van der Waals surface area contributed by atoms with Crippen LogP contribution < -0.4 is 9.47 Å². The van der Waals surface area contributed by atoms with E-state index in [1.807, 2.05) is 18.2 Å². The summed E-state index contributed by atoms with van der Waals surface area (Å²) in [6, 6.07) is 15.6. The second-order valence-corrected chi connectivity index (χ2v) is 9.10. The minimum atomic E-state index is -0.452. The molecule has 1 aliphatic rings. The number of likely N-dealkylation sites (tertiary alicyclic amines) is 1. The van der Waals surface area contributed by atoms with Gasteiger partial charge in [-0.15, -0.1) is 0 Å². The molecule has 0 radical (unpaired) electrons. The number of aromatic nitrogens is 1. The fraction of sp³-hybridized carbons (Fsp3) is 0.379. The van der Waals surface area contributed by atoms with Gasteiger partial charge in [-0.1, -0.05) is 49.7 Å². The molecule has 3 aromatic rings. The summed E-state index contributed by atoms with van der Waals surface area (Å²) in [5, 5.41) is 22.4. The lowest BCUT2D eigenvalue weighted by atomic mass is 9.89. The van der Waals surface area contributed by atoms with E-state index in [-0.39, 0.29) is 11.3 Å². The first-order valence-corrected chi connectivity index (χ1v) is 12.5. The molecule has 0 aliphatic carbocycles. The molecule has 1 aliphatic heterocycles. The van der Waals surface area contributed by atoms with E-state index in [1.165, 1.54) is 19.8 Å². The third-order valence-electron chi connectivity index (χ3n) is 6.94. The average Bonchev–Trinajstić information content (AvgIpc) is 2.92. The van der Waals surface area contributed by atoms with Gasteiger partial charge in [0.2, 0.25) is 5.88 Å². The monoisotopic (exact) mass is 490 g/mol. The molecule has 0 atom stereocenters. The van der Waals surface area contributed by atoms with E-state index in [0.29, 0.717) is 53.7 Å². The molecule has 190 valence electrons. The first kappa shape index (κ1) is 25.4. The second-order valence-electron chi connectivity index (χ2n) is 9.10. The Labute approximate surface area is 212 Å². The molecule has 0 saturated carbocycles. The number of pyridine rings is 1. The molecule has 36 heavy (non-hydrogen) atoms. The van der Waals surface area contributed by atoms with Crippen molar-refractivity contribution in [1.29, 1.82) is 0 Å². The van der Waals surface area contributed by atoms with Crippen molar-refractivity contribution in [2.24, 2.45) is 0 Å². The van der Waals surface area contributed by atoms with Crippen LogP contribution in [0.3, 0.4) is 0 Å². The van der Waals surface area contributed by atoms with Crippen molar-refractivity contribution in [1.82, 2.24) is 9.88 Å². The third kappa shape index (κ3) is 4.96. The fourth-order valence-corrected chi connectivity index (χ4v) is 4.99. The lowest BCUT2D eigenvalue weighted by Gasteiger charge is -2.32. The van der Waals surface area contributed by atoms with Gasteiger partial charge in [0.1, 0.15) is 22.8 Å². The molecule has 7 nitrogen and oxygen atoms in total. The van der Waals surface area contributed by atoms with Crippen LogP contribution >= 0.6 is 0 Å². The predicted octanol–water partition coefficient (Wildman–Crippen LogP) is 5.54. The number of amides is 1. The van der Waals surface area contributed by atoms with Crippen LogP contribution in [0.2, 0.25) is 0 Å². The number of ether oxygens (including phenoxy) is 2. The Morgan fingerprint density at radius 3 is 2.19 bits per heavy atom. The van der Waals surface area contributed by atoms with Gasteiger partial charge in [0, 0.05) is 13.1 Å². The summed E-state index contributed by atoms with van der Waals surface area (Å²) in [5.41, 5.74) is 2.45. The van der Waals surface area contributed by atoms with E-state index in [9.17, 15) is 15.0 Å². The van der Waals surface area contributed by atoms with Gasteiger partial charge in [-0.2, -0.15) is 0 Å². The first-order chi connectivity index (χ1) is 17.5. The number of piperidine rings is 1. The molecule has 1 aromatic heterocycles. The van der Waals surface area contributed by atoms with Crippen molar-refractivity contribution < 1.29 is 24.5 Å². The van der Waals surface area contributed by atoms with E-state index in [2.05, 4.69) is 24.0 Å². The van der Waals surface area contributed by atoms with Gasteiger partial charge in [-0.25, -0.2) is 4.98 Å². The number of nitrogens with zero attached hydrogens (tertiary/aromatic N) is 2. The SMILES string of the molecule is CCCCc1nc(O)c(C(=O)N2CCC(c3ccccc3)CC2)c(O)c1-c1c(OC)cccc1OC. The fourth-order valence-electron chi connectivity index (χ4n) is 4.99. The number of hydrogen-bond donors (Lipinski definition) is 2. The van der Waals surface area contributed by atoms with Gasteiger partial charge in [0.25, 0.3) is 5.91 Å². The van der Waals surface area contributed by atoms with Gasteiger partial charge in [0.15, 0.2) is 0 Å². The number of methoxy groups -OCH3 is 2. The third-order valence-corrected chi connectivity index (χ3v) is 6.94. The number of benzene rings is 2. The normalized spacial score (nSPS) is 14.0. The van der Waals surface area contributed by atoms with Crippen molar-refractivity contribution in [3.05, 3.63) is 65.4 Å². The summed E-state index contributed by atoms with van der Waals surface area (Å²) >= 11 is 0. The number of carbonyl (C=O) groups is 1.